The molecule has 1 aromatic heterocycles. The van der Waals surface area contributed by atoms with Crippen molar-refractivity contribution in [2.24, 2.45) is 0 Å². The number of thioether (sulfide) groups is 1. The van der Waals surface area contributed by atoms with Crippen LogP contribution in [0.15, 0.2) is 4.52 Å². The van der Waals surface area contributed by atoms with E-state index in [-0.39, 0.29) is 24.2 Å². The van der Waals surface area contributed by atoms with Gasteiger partial charge in [0.2, 0.25) is 5.89 Å². The van der Waals surface area contributed by atoms with Gasteiger partial charge in [-0.25, -0.2) is 0 Å². The lowest BCUT2D eigenvalue weighted by Crippen LogP contribution is -2.34. The smallest absolute Gasteiger partial charge is 0.339 e. The molecule has 0 bridgehead atoms. The third-order valence-corrected chi connectivity index (χ3v) is 4.17. The first-order valence-corrected chi connectivity index (χ1v) is 7.35. The van der Waals surface area contributed by atoms with Gasteiger partial charge in [0.25, 0.3) is 0 Å². The number of nitrogens with zero attached hydrogens (tertiary/aromatic N) is 2. The van der Waals surface area contributed by atoms with Gasteiger partial charge >= 0.3 is 6.18 Å². The van der Waals surface area contributed by atoms with Gasteiger partial charge in [-0.3, -0.25) is 0 Å². The molecule has 0 spiro atoms. The van der Waals surface area contributed by atoms with Crippen LogP contribution in [0.5, 0.6) is 0 Å². The summed E-state index contributed by atoms with van der Waals surface area (Å²) in [5, 5.41) is 6.97. The minimum absolute atomic E-state index is 0.0945. The highest BCUT2D eigenvalue weighted by molar-refractivity contribution is 7.99. The van der Waals surface area contributed by atoms with Crippen molar-refractivity contribution in [1.29, 1.82) is 0 Å². The fraction of sp³-hybridized carbons (Fsp3) is 0.818. The van der Waals surface area contributed by atoms with E-state index in [1.807, 2.05) is 6.92 Å². The number of likely N-dealkylation sites (N-methyl/N-ethyl adjacent to an activating group) is 1. The Morgan fingerprint density at radius 2 is 2.21 bits per heavy atom. The molecule has 1 N–H and O–H groups in total. The second-order valence-corrected chi connectivity index (χ2v) is 5.55. The van der Waals surface area contributed by atoms with Crippen molar-refractivity contribution >= 4 is 11.8 Å². The van der Waals surface area contributed by atoms with Crippen LogP contribution in [0.4, 0.5) is 13.2 Å². The summed E-state index contributed by atoms with van der Waals surface area (Å²) in [4.78, 5) is 4.10. The number of halogens is 3. The molecule has 1 aromatic rings. The minimum atomic E-state index is -4.18. The van der Waals surface area contributed by atoms with Crippen LogP contribution in [0.25, 0.3) is 0 Å². The van der Waals surface area contributed by atoms with E-state index >= 15 is 0 Å². The quantitative estimate of drug-likeness (QED) is 0.904. The lowest BCUT2D eigenvalue weighted by Gasteiger charge is -2.15. The number of hydrogen-bond donors (Lipinski definition) is 1. The molecule has 2 heterocycles. The first kappa shape index (κ1) is 14.6. The molecule has 8 heteroatoms. The summed E-state index contributed by atoms with van der Waals surface area (Å²) < 4.78 is 41.4. The van der Waals surface area contributed by atoms with Crippen molar-refractivity contribution in [2.75, 3.05) is 18.1 Å². The second-order valence-electron chi connectivity index (χ2n) is 4.47. The lowest BCUT2D eigenvalue weighted by atomic mass is 10.0. The first-order chi connectivity index (χ1) is 8.99. The van der Waals surface area contributed by atoms with Crippen molar-refractivity contribution in [3.63, 3.8) is 0 Å². The van der Waals surface area contributed by atoms with E-state index in [2.05, 4.69) is 15.5 Å². The molecular formula is C11H16F3N3OS. The Labute approximate surface area is 113 Å². The summed E-state index contributed by atoms with van der Waals surface area (Å²) in [7, 11) is 0. The number of nitrogens with one attached hydrogen (secondary N) is 1. The number of aromatic nitrogens is 2. The van der Waals surface area contributed by atoms with Crippen LogP contribution in [-0.2, 0) is 6.42 Å². The number of alkyl halides is 3. The van der Waals surface area contributed by atoms with Gasteiger partial charge in [-0.2, -0.15) is 29.9 Å². The second kappa shape index (κ2) is 6.13. The van der Waals surface area contributed by atoms with E-state index in [0.29, 0.717) is 5.89 Å². The third-order valence-electron chi connectivity index (χ3n) is 2.98. The SMILES string of the molecule is CCNC1CSCC1c1nc(CCC(F)(F)F)no1. The van der Waals surface area contributed by atoms with Crippen molar-refractivity contribution in [2.45, 2.75) is 37.9 Å². The van der Waals surface area contributed by atoms with E-state index in [9.17, 15) is 13.2 Å². The van der Waals surface area contributed by atoms with Crippen LogP contribution in [0.1, 0.15) is 31.0 Å². The molecule has 1 saturated heterocycles. The summed E-state index contributed by atoms with van der Waals surface area (Å²) in [6, 6.07) is 0.255. The minimum Gasteiger partial charge on any atom is -0.339 e. The number of hydrogen-bond acceptors (Lipinski definition) is 5. The molecule has 2 atom stereocenters. The van der Waals surface area contributed by atoms with Crippen molar-refractivity contribution in [1.82, 2.24) is 15.5 Å². The highest BCUT2D eigenvalue weighted by Crippen LogP contribution is 2.32. The molecule has 108 valence electrons. The fourth-order valence-electron chi connectivity index (χ4n) is 2.03. The lowest BCUT2D eigenvalue weighted by molar-refractivity contribution is -0.134. The molecule has 2 rings (SSSR count). The summed E-state index contributed by atoms with van der Waals surface area (Å²) in [6.07, 6.45) is -5.32. The van der Waals surface area contributed by atoms with Gasteiger partial charge in [-0.15, -0.1) is 0 Å². The van der Waals surface area contributed by atoms with E-state index < -0.39 is 12.6 Å². The van der Waals surface area contributed by atoms with Crippen LogP contribution in [0.2, 0.25) is 0 Å². The predicted molar refractivity (Wildman–Crippen MR) is 66.2 cm³/mol. The Balaban J connectivity index is 1.96. The fourth-order valence-corrected chi connectivity index (χ4v) is 3.40. The average Bonchev–Trinajstić information content (AvgIpc) is 2.93. The molecule has 0 saturated carbocycles. The van der Waals surface area contributed by atoms with Crippen LogP contribution in [0, 0.1) is 0 Å². The maximum Gasteiger partial charge on any atom is 0.389 e. The summed E-state index contributed by atoms with van der Waals surface area (Å²) in [6.45, 7) is 2.86. The number of rotatable bonds is 5. The largest absolute Gasteiger partial charge is 0.389 e. The number of aryl methyl sites for hydroxylation is 1. The zero-order valence-corrected chi connectivity index (χ0v) is 11.4. The van der Waals surface area contributed by atoms with E-state index in [1.54, 1.807) is 11.8 Å². The summed E-state index contributed by atoms with van der Waals surface area (Å²) >= 11 is 1.78. The van der Waals surface area contributed by atoms with Gasteiger partial charge in [-0.05, 0) is 6.54 Å². The van der Waals surface area contributed by atoms with Gasteiger partial charge in [0.15, 0.2) is 5.82 Å². The van der Waals surface area contributed by atoms with Crippen LogP contribution in [-0.4, -0.2) is 40.4 Å². The topological polar surface area (TPSA) is 51.0 Å². The van der Waals surface area contributed by atoms with Crippen LogP contribution in [0.3, 0.4) is 0 Å². The maximum absolute atomic E-state index is 12.1. The first-order valence-electron chi connectivity index (χ1n) is 6.20. The van der Waals surface area contributed by atoms with E-state index in [0.717, 1.165) is 18.1 Å². The van der Waals surface area contributed by atoms with E-state index in [1.165, 1.54) is 0 Å². The molecule has 0 aromatic carbocycles. The van der Waals surface area contributed by atoms with Gasteiger partial charge < -0.3 is 9.84 Å². The highest BCUT2D eigenvalue weighted by Gasteiger charge is 2.33. The Morgan fingerprint density at radius 3 is 2.89 bits per heavy atom. The molecule has 4 nitrogen and oxygen atoms in total. The van der Waals surface area contributed by atoms with Crippen LogP contribution >= 0.6 is 11.8 Å². The molecule has 19 heavy (non-hydrogen) atoms. The van der Waals surface area contributed by atoms with Gasteiger partial charge in [0.05, 0.1) is 12.3 Å². The molecule has 0 amide bonds. The van der Waals surface area contributed by atoms with Crippen molar-refractivity contribution in [3.05, 3.63) is 11.7 Å². The molecule has 0 aliphatic carbocycles. The molecule has 1 aliphatic rings. The molecule has 1 aliphatic heterocycles. The normalized spacial score (nSPS) is 24.0. The summed E-state index contributed by atoms with van der Waals surface area (Å²) in [5.74, 6) is 2.50. The molecular weight excluding hydrogens is 279 g/mol. The maximum atomic E-state index is 12.1. The Hall–Kier alpha value is -0.760. The van der Waals surface area contributed by atoms with Crippen molar-refractivity contribution in [3.8, 4) is 0 Å². The molecule has 0 radical (unpaired) electrons. The zero-order chi connectivity index (χ0) is 13.9. The van der Waals surface area contributed by atoms with E-state index in [4.69, 9.17) is 4.52 Å². The molecule has 2 unspecified atom stereocenters. The van der Waals surface area contributed by atoms with Gasteiger partial charge in [0.1, 0.15) is 0 Å². The van der Waals surface area contributed by atoms with Gasteiger partial charge in [0, 0.05) is 24.0 Å². The predicted octanol–water partition coefficient (Wildman–Crippen LogP) is 2.37. The van der Waals surface area contributed by atoms with Crippen molar-refractivity contribution < 1.29 is 17.7 Å². The summed E-state index contributed by atoms with van der Waals surface area (Å²) in [5.41, 5.74) is 0. The van der Waals surface area contributed by atoms with Gasteiger partial charge in [-0.1, -0.05) is 12.1 Å². The monoisotopic (exact) mass is 295 g/mol. The molecule has 1 fully saturated rings. The van der Waals surface area contributed by atoms with Crippen LogP contribution < -0.4 is 5.32 Å². The average molecular weight is 295 g/mol. The Kier molecular flexibility index (Phi) is 4.72. The Bertz CT molecular complexity index is 410. The third kappa shape index (κ3) is 4.10. The zero-order valence-electron chi connectivity index (χ0n) is 10.5. The Morgan fingerprint density at radius 1 is 1.42 bits per heavy atom. The standard InChI is InChI=1S/C11H16F3N3OS/c1-2-15-8-6-19-5-7(8)10-16-9(17-18-10)3-4-11(12,13)14/h7-8,15H,2-6H2,1H3. The highest BCUT2D eigenvalue weighted by atomic mass is 32.2.